The molecule has 0 spiro atoms. The average molecular weight is 281 g/mol. The molecule has 1 aliphatic rings. The Balaban J connectivity index is 1.79. The van der Waals surface area contributed by atoms with Gasteiger partial charge in [0.2, 0.25) is 0 Å². The molecule has 1 aliphatic heterocycles. The molecular weight excluding hydrogens is 262 g/mol. The van der Waals surface area contributed by atoms with Crippen molar-refractivity contribution >= 4 is 17.7 Å². The van der Waals surface area contributed by atoms with E-state index >= 15 is 0 Å². The minimum absolute atomic E-state index is 0.264. The van der Waals surface area contributed by atoms with Crippen LogP contribution in [0.1, 0.15) is 17.3 Å². The van der Waals surface area contributed by atoms with Gasteiger partial charge in [-0.15, -0.1) is 0 Å². The molecule has 1 N–H and O–H groups in total. The van der Waals surface area contributed by atoms with Crippen molar-refractivity contribution in [3.05, 3.63) is 29.8 Å². The van der Waals surface area contributed by atoms with Gasteiger partial charge in [0.25, 0.3) is 0 Å². The summed E-state index contributed by atoms with van der Waals surface area (Å²) in [6, 6.07) is 6.63. The van der Waals surface area contributed by atoms with Gasteiger partial charge >= 0.3 is 5.97 Å². The molecular formula is C14H19NO3S. The highest BCUT2D eigenvalue weighted by Gasteiger charge is 2.16. The van der Waals surface area contributed by atoms with Gasteiger partial charge < -0.3 is 9.84 Å². The van der Waals surface area contributed by atoms with E-state index in [0.717, 1.165) is 19.6 Å². The zero-order chi connectivity index (χ0) is 13.7. The summed E-state index contributed by atoms with van der Waals surface area (Å²) >= 11 is 2.01. The number of benzene rings is 1. The zero-order valence-electron chi connectivity index (χ0n) is 11.0. The van der Waals surface area contributed by atoms with E-state index in [-0.39, 0.29) is 5.56 Å². The van der Waals surface area contributed by atoms with Crippen molar-refractivity contribution < 1.29 is 14.6 Å². The number of carboxylic acids is 1. The standard InChI is InChI=1S/C14H19NO3S/c1-11-10-15(6-8-19-11)5-7-18-13-4-2-3-12(9-13)14(16)17/h2-4,9,11H,5-8,10H2,1H3,(H,16,17). The van der Waals surface area contributed by atoms with Crippen LogP contribution in [0.15, 0.2) is 24.3 Å². The molecule has 1 fully saturated rings. The van der Waals surface area contributed by atoms with E-state index in [1.165, 1.54) is 5.75 Å². The summed E-state index contributed by atoms with van der Waals surface area (Å²) in [6.45, 7) is 5.94. The predicted molar refractivity (Wildman–Crippen MR) is 77.3 cm³/mol. The fourth-order valence-corrected chi connectivity index (χ4v) is 3.19. The van der Waals surface area contributed by atoms with Crippen LogP contribution in [0.3, 0.4) is 0 Å². The molecule has 5 heteroatoms. The quantitative estimate of drug-likeness (QED) is 0.896. The SMILES string of the molecule is CC1CN(CCOc2cccc(C(=O)O)c2)CCS1. The summed E-state index contributed by atoms with van der Waals surface area (Å²) in [4.78, 5) is 13.2. The summed E-state index contributed by atoms with van der Waals surface area (Å²) in [6.07, 6.45) is 0. The topological polar surface area (TPSA) is 49.8 Å². The fourth-order valence-electron chi connectivity index (χ4n) is 2.11. The van der Waals surface area contributed by atoms with Gasteiger partial charge in [0, 0.05) is 30.6 Å². The number of hydrogen-bond acceptors (Lipinski definition) is 4. The predicted octanol–water partition coefficient (Wildman–Crippen LogP) is 2.20. The molecule has 1 aromatic carbocycles. The van der Waals surface area contributed by atoms with Crippen LogP contribution in [0.4, 0.5) is 0 Å². The molecule has 1 saturated heterocycles. The highest BCUT2D eigenvalue weighted by molar-refractivity contribution is 7.99. The van der Waals surface area contributed by atoms with E-state index in [4.69, 9.17) is 9.84 Å². The maximum absolute atomic E-state index is 10.8. The summed E-state index contributed by atoms with van der Waals surface area (Å²) in [5.74, 6) is 0.877. The number of ether oxygens (including phenoxy) is 1. The third-order valence-corrected chi connectivity index (χ3v) is 4.22. The van der Waals surface area contributed by atoms with Crippen LogP contribution < -0.4 is 4.74 Å². The number of rotatable bonds is 5. The molecule has 104 valence electrons. The monoisotopic (exact) mass is 281 g/mol. The molecule has 0 aromatic heterocycles. The minimum Gasteiger partial charge on any atom is -0.492 e. The second-order valence-electron chi connectivity index (χ2n) is 4.66. The fraction of sp³-hybridized carbons (Fsp3) is 0.500. The van der Waals surface area contributed by atoms with Crippen molar-refractivity contribution in [3.8, 4) is 5.75 Å². The Bertz CT molecular complexity index is 438. The first-order valence-electron chi connectivity index (χ1n) is 6.45. The van der Waals surface area contributed by atoms with Crippen molar-refractivity contribution in [1.82, 2.24) is 4.90 Å². The highest BCUT2D eigenvalue weighted by atomic mass is 32.2. The number of thioether (sulfide) groups is 1. The van der Waals surface area contributed by atoms with Gasteiger partial charge in [0.15, 0.2) is 0 Å². The second-order valence-corrected chi connectivity index (χ2v) is 6.21. The van der Waals surface area contributed by atoms with Crippen LogP contribution in [-0.4, -0.2) is 53.2 Å². The van der Waals surface area contributed by atoms with E-state index in [1.807, 2.05) is 11.8 Å². The van der Waals surface area contributed by atoms with Crippen LogP contribution in [0.5, 0.6) is 5.75 Å². The Kier molecular flexibility index (Phi) is 5.10. The molecule has 1 atom stereocenters. The maximum atomic E-state index is 10.8. The Hall–Kier alpha value is -1.20. The van der Waals surface area contributed by atoms with Gasteiger partial charge in [-0.25, -0.2) is 4.79 Å². The van der Waals surface area contributed by atoms with Crippen molar-refractivity contribution in [2.45, 2.75) is 12.2 Å². The van der Waals surface area contributed by atoms with Gasteiger partial charge in [-0.2, -0.15) is 11.8 Å². The molecule has 2 rings (SSSR count). The lowest BCUT2D eigenvalue weighted by molar-refractivity contribution is 0.0696. The van der Waals surface area contributed by atoms with E-state index in [1.54, 1.807) is 24.3 Å². The Labute approximate surface area is 117 Å². The van der Waals surface area contributed by atoms with Gasteiger partial charge in [0.1, 0.15) is 12.4 Å². The van der Waals surface area contributed by atoms with Crippen LogP contribution in [0, 0.1) is 0 Å². The van der Waals surface area contributed by atoms with Gasteiger partial charge in [-0.05, 0) is 18.2 Å². The Morgan fingerprint density at radius 2 is 2.42 bits per heavy atom. The molecule has 1 unspecified atom stereocenters. The van der Waals surface area contributed by atoms with E-state index < -0.39 is 5.97 Å². The normalized spacial score (nSPS) is 20.2. The van der Waals surface area contributed by atoms with Crippen molar-refractivity contribution in [2.24, 2.45) is 0 Å². The largest absolute Gasteiger partial charge is 0.492 e. The van der Waals surface area contributed by atoms with E-state index in [2.05, 4.69) is 11.8 Å². The van der Waals surface area contributed by atoms with E-state index in [9.17, 15) is 4.79 Å². The van der Waals surface area contributed by atoms with Crippen LogP contribution in [-0.2, 0) is 0 Å². The molecule has 0 bridgehead atoms. The molecule has 1 aromatic rings. The van der Waals surface area contributed by atoms with Crippen molar-refractivity contribution in [2.75, 3.05) is 32.0 Å². The second kappa shape index (κ2) is 6.82. The van der Waals surface area contributed by atoms with Gasteiger partial charge in [0.05, 0.1) is 5.56 Å². The lowest BCUT2D eigenvalue weighted by Crippen LogP contribution is -2.39. The minimum atomic E-state index is -0.924. The number of nitrogens with zero attached hydrogens (tertiary/aromatic N) is 1. The smallest absolute Gasteiger partial charge is 0.335 e. The van der Waals surface area contributed by atoms with Gasteiger partial charge in [-0.1, -0.05) is 13.0 Å². The summed E-state index contributed by atoms with van der Waals surface area (Å²) in [7, 11) is 0. The number of carboxylic acid groups (broad SMARTS) is 1. The summed E-state index contributed by atoms with van der Waals surface area (Å²) in [5, 5.41) is 9.59. The third-order valence-electron chi connectivity index (χ3n) is 3.08. The average Bonchev–Trinajstić information content (AvgIpc) is 2.39. The van der Waals surface area contributed by atoms with E-state index in [0.29, 0.717) is 17.6 Å². The number of aromatic carboxylic acids is 1. The van der Waals surface area contributed by atoms with Crippen LogP contribution in [0.2, 0.25) is 0 Å². The van der Waals surface area contributed by atoms with Gasteiger partial charge in [-0.3, -0.25) is 4.90 Å². The molecule has 0 aliphatic carbocycles. The molecule has 0 saturated carbocycles. The summed E-state index contributed by atoms with van der Waals surface area (Å²) in [5.41, 5.74) is 0.264. The van der Waals surface area contributed by atoms with Crippen LogP contribution in [0.25, 0.3) is 0 Å². The molecule has 0 amide bonds. The summed E-state index contributed by atoms with van der Waals surface area (Å²) < 4.78 is 5.62. The molecule has 4 nitrogen and oxygen atoms in total. The highest BCUT2D eigenvalue weighted by Crippen LogP contribution is 2.18. The molecule has 0 radical (unpaired) electrons. The number of carbonyl (C=O) groups is 1. The maximum Gasteiger partial charge on any atom is 0.335 e. The Morgan fingerprint density at radius 3 is 3.16 bits per heavy atom. The third kappa shape index (κ3) is 4.44. The first-order chi connectivity index (χ1) is 9.15. The first-order valence-corrected chi connectivity index (χ1v) is 7.50. The Morgan fingerprint density at radius 1 is 1.58 bits per heavy atom. The zero-order valence-corrected chi connectivity index (χ0v) is 11.9. The molecule has 19 heavy (non-hydrogen) atoms. The lowest BCUT2D eigenvalue weighted by atomic mass is 10.2. The number of hydrogen-bond donors (Lipinski definition) is 1. The lowest BCUT2D eigenvalue weighted by Gasteiger charge is -2.30. The van der Waals surface area contributed by atoms with Crippen molar-refractivity contribution in [3.63, 3.8) is 0 Å². The van der Waals surface area contributed by atoms with Crippen LogP contribution >= 0.6 is 11.8 Å². The first kappa shape index (κ1) is 14.2. The van der Waals surface area contributed by atoms with Crippen molar-refractivity contribution in [1.29, 1.82) is 0 Å². The molecule has 1 heterocycles.